The number of fused-ring (bicyclic) bond motifs is 6. The summed E-state index contributed by atoms with van der Waals surface area (Å²) in [5.74, 6) is 0.707. The van der Waals surface area contributed by atoms with Crippen LogP contribution in [0.1, 0.15) is 120 Å². The molecule has 0 aliphatic rings. The first-order valence-electron chi connectivity index (χ1n) is 21.6. The molecule has 0 saturated heterocycles. The molecule has 0 radical (unpaired) electrons. The van der Waals surface area contributed by atoms with Gasteiger partial charge in [0.1, 0.15) is 11.3 Å². The number of rotatable bonds is 12. The Bertz CT molecular complexity index is 2680. The molecule has 0 aliphatic carbocycles. The molecule has 59 heavy (non-hydrogen) atoms. The molecule has 0 bridgehead atoms. The van der Waals surface area contributed by atoms with Gasteiger partial charge in [-0.05, 0) is 139 Å². The standard InChI is InChI=1S/C50H62N8O/c1-27(2)41-25-39-35(11)51-47-45(43-31(7)21-29(5)22-32(43)8)37(13)53-57(47)49(39)55(41)17-15-19-59-20-16-18-56-42(28(3)4)26-40-36(12)52-48-46(38(14)54-58(48)50(40)56)44-33(9)23-30(6)24-34(44)10/h21-28H,15-20H2,1-14H3. The zero-order chi connectivity index (χ0) is 42.2. The zero-order valence-electron chi connectivity index (χ0n) is 37.8. The third kappa shape index (κ3) is 6.85. The van der Waals surface area contributed by atoms with Crippen molar-refractivity contribution in [3.05, 3.63) is 104 Å². The fraction of sp³-hybridized carbons (Fsp3) is 0.440. The molecule has 9 heteroatoms. The minimum absolute atomic E-state index is 0.354. The monoisotopic (exact) mass is 791 g/mol. The lowest BCUT2D eigenvalue weighted by atomic mass is 9.94. The molecule has 0 aliphatic heterocycles. The molecule has 8 aromatic rings. The molecule has 6 heterocycles. The van der Waals surface area contributed by atoms with Crippen LogP contribution in [0.25, 0.3) is 55.6 Å². The number of benzene rings is 2. The fourth-order valence-corrected chi connectivity index (χ4v) is 9.99. The maximum absolute atomic E-state index is 6.42. The van der Waals surface area contributed by atoms with Gasteiger partial charge in [-0.15, -0.1) is 0 Å². The van der Waals surface area contributed by atoms with Gasteiger partial charge in [-0.2, -0.15) is 19.2 Å². The van der Waals surface area contributed by atoms with Crippen LogP contribution < -0.4 is 0 Å². The Balaban J connectivity index is 1.04. The second-order valence-corrected chi connectivity index (χ2v) is 17.9. The van der Waals surface area contributed by atoms with Crippen molar-refractivity contribution in [2.45, 2.75) is 135 Å². The van der Waals surface area contributed by atoms with Crippen LogP contribution in [0.15, 0.2) is 36.4 Å². The molecule has 9 nitrogen and oxygen atoms in total. The summed E-state index contributed by atoms with van der Waals surface area (Å²) in [4.78, 5) is 10.4. The molecule has 308 valence electrons. The van der Waals surface area contributed by atoms with Crippen LogP contribution in [0.5, 0.6) is 0 Å². The minimum Gasteiger partial charge on any atom is -0.381 e. The molecule has 0 atom stereocenters. The van der Waals surface area contributed by atoms with Gasteiger partial charge in [0, 0.05) is 48.5 Å². The first-order valence-corrected chi connectivity index (χ1v) is 21.6. The molecule has 0 saturated carbocycles. The molecule has 0 amide bonds. The highest BCUT2D eigenvalue weighted by Gasteiger charge is 2.25. The van der Waals surface area contributed by atoms with Gasteiger partial charge in [0.25, 0.3) is 0 Å². The Morgan fingerprint density at radius 1 is 0.475 bits per heavy atom. The predicted molar refractivity (Wildman–Crippen MR) is 243 cm³/mol. The molecule has 8 rings (SSSR count). The van der Waals surface area contributed by atoms with Crippen LogP contribution in [0.3, 0.4) is 0 Å². The second kappa shape index (κ2) is 15.4. The summed E-state index contributed by atoms with van der Waals surface area (Å²) >= 11 is 0. The summed E-state index contributed by atoms with van der Waals surface area (Å²) in [5, 5.41) is 12.7. The van der Waals surface area contributed by atoms with Crippen LogP contribution >= 0.6 is 0 Å². The van der Waals surface area contributed by atoms with Gasteiger partial charge < -0.3 is 13.9 Å². The maximum atomic E-state index is 6.42. The van der Waals surface area contributed by atoms with E-state index in [4.69, 9.17) is 24.9 Å². The van der Waals surface area contributed by atoms with E-state index >= 15 is 0 Å². The molecule has 0 N–H and O–H groups in total. The Hall–Kier alpha value is -5.28. The van der Waals surface area contributed by atoms with Crippen molar-refractivity contribution in [1.29, 1.82) is 0 Å². The van der Waals surface area contributed by atoms with E-state index in [1.54, 1.807) is 0 Å². The van der Waals surface area contributed by atoms with Gasteiger partial charge in [0.15, 0.2) is 11.3 Å². The average molecular weight is 791 g/mol. The largest absolute Gasteiger partial charge is 0.381 e. The highest BCUT2D eigenvalue weighted by molar-refractivity contribution is 5.91. The lowest BCUT2D eigenvalue weighted by molar-refractivity contribution is 0.123. The van der Waals surface area contributed by atoms with Crippen LogP contribution in [0.4, 0.5) is 0 Å². The molecule has 0 unspecified atom stereocenters. The molecule has 0 spiro atoms. The lowest BCUT2D eigenvalue weighted by Crippen LogP contribution is -2.12. The third-order valence-electron chi connectivity index (χ3n) is 12.4. The van der Waals surface area contributed by atoms with Crippen molar-refractivity contribution in [3.63, 3.8) is 0 Å². The van der Waals surface area contributed by atoms with E-state index in [1.165, 1.54) is 55.9 Å². The average Bonchev–Trinajstić information content (AvgIpc) is 3.89. The fourth-order valence-electron chi connectivity index (χ4n) is 9.99. The smallest absolute Gasteiger partial charge is 0.165 e. The van der Waals surface area contributed by atoms with Gasteiger partial charge >= 0.3 is 0 Å². The van der Waals surface area contributed by atoms with E-state index in [0.29, 0.717) is 25.0 Å². The molecule has 6 aromatic heterocycles. The van der Waals surface area contributed by atoms with Crippen molar-refractivity contribution in [2.75, 3.05) is 13.2 Å². The molecule has 2 aromatic carbocycles. The van der Waals surface area contributed by atoms with E-state index in [-0.39, 0.29) is 0 Å². The van der Waals surface area contributed by atoms with E-state index in [9.17, 15) is 0 Å². The third-order valence-corrected chi connectivity index (χ3v) is 12.4. The summed E-state index contributed by atoms with van der Waals surface area (Å²) < 4.78 is 15.6. The van der Waals surface area contributed by atoms with Crippen molar-refractivity contribution in [2.24, 2.45) is 0 Å². The number of nitrogens with zero attached hydrogens (tertiary/aromatic N) is 8. The normalized spacial score (nSPS) is 12.3. The molecular formula is C50H62N8O. The van der Waals surface area contributed by atoms with Crippen LogP contribution in [0, 0.1) is 69.2 Å². The van der Waals surface area contributed by atoms with Crippen LogP contribution in [-0.4, -0.2) is 51.5 Å². The van der Waals surface area contributed by atoms with Crippen molar-refractivity contribution in [3.8, 4) is 22.3 Å². The predicted octanol–water partition coefficient (Wildman–Crippen LogP) is 11.8. The van der Waals surface area contributed by atoms with Gasteiger partial charge in [-0.3, -0.25) is 0 Å². The molecule has 0 fully saturated rings. The van der Waals surface area contributed by atoms with E-state index in [1.807, 2.05) is 0 Å². The Morgan fingerprint density at radius 2 is 0.831 bits per heavy atom. The first-order chi connectivity index (χ1) is 28.1. The summed E-state index contributed by atoms with van der Waals surface area (Å²) in [5.41, 5.74) is 23.1. The number of aromatic nitrogens is 8. The number of aryl methyl sites for hydroxylation is 12. The number of hydrogen-bond donors (Lipinski definition) is 0. The number of hydrogen-bond acceptors (Lipinski definition) is 5. The lowest BCUT2D eigenvalue weighted by Gasteiger charge is -2.15. The van der Waals surface area contributed by atoms with Crippen LogP contribution in [-0.2, 0) is 17.8 Å². The van der Waals surface area contributed by atoms with Crippen LogP contribution in [0.2, 0.25) is 0 Å². The zero-order valence-corrected chi connectivity index (χ0v) is 37.8. The maximum Gasteiger partial charge on any atom is 0.165 e. The van der Waals surface area contributed by atoms with E-state index in [2.05, 4.69) is 151 Å². The molecular weight excluding hydrogens is 729 g/mol. The van der Waals surface area contributed by atoms with Crippen molar-refractivity contribution >= 4 is 33.4 Å². The summed E-state index contributed by atoms with van der Waals surface area (Å²) in [7, 11) is 0. The summed E-state index contributed by atoms with van der Waals surface area (Å²) in [6.45, 7) is 33.8. The van der Waals surface area contributed by atoms with Crippen molar-refractivity contribution < 1.29 is 4.74 Å². The van der Waals surface area contributed by atoms with E-state index in [0.717, 1.165) is 93.2 Å². The van der Waals surface area contributed by atoms with E-state index < -0.39 is 0 Å². The van der Waals surface area contributed by atoms with Crippen molar-refractivity contribution in [1.82, 2.24) is 38.3 Å². The second-order valence-electron chi connectivity index (χ2n) is 17.9. The SMILES string of the molecule is Cc1cc(C)c(-c2c(C)nn3c2nc(C)c2cc(C(C)C)n(CCCOCCCn4c(C(C)C)cc5c(C)nc6c(-c7c(C)cc(C)cc7C)c(C)nn6c54)c23)c(C)c1. The topological polar surface area (TPSA) is 79.5 Å². The summed E-state index contributed by atoms with van der Waals surface area (Å²) in [6, 6.07) is 13.7. The minimum atomic E-state index is 0.354. The van der Waals surface area contributed by atoms with Gasteiger partial charge in [0.05, 0.1) is 33.9 Å². The highest BCUT2D eigenvalue weighted by Crippen LogP contribution is 2.38. The first kappa shape index (κ1) is 40.5. The van der Waals surface area contributed by atoms with Gasteiger partial charge in [0.2, 0.25) is 0 Å². The van der Waals surface area contributed by atoms with Gasteiger partial charge in [-0.25, -0.2) is 9.97 Å². The highest BCUT2D eigenvalue weighted by atomic mass is 16.5. The number of ether oxygens (including phenoxy) is 1. The Kier molecular flexibility index (Phi) is 10.6. The Labute approximate surface area is 349 Å². The van der Waals surface area contributed by atoms with Gasteiger partial charge in [-0.1, -0.05) is 63.1 Å². The Morgan fingerprint density at radius 3 is 1.17 bits per heavy atom. The summed E-state index contributed by atoms with van der Waals surface area (Å²) in [6.07, 6.45) is 1.80. The quantitative estimate of drug-likeness (QED) is 0.115.